The van der Waals surface area contributed by atoms with E-state index in [-0.39, 0.29) is 6.42 Å². The van der Waals surface area contributed by atoms with Gasteiger partial charge in [0, 0.05) is 5.56 Å². The lowest BCUT2D eigenvalue weighted by Crippen LogP contribution is -1.95. The summed E-state index contributed by atoms with van der Waals surface area (Å²) in [6, 6.07) is 3.17. The molecule has 18 heavy (non-hydrogen) atoms. The van der Waals surface area contributed by atoms with Gasteiger partial charge in [-0.2, -0.15) is 0 Å². The molecule has 0 fully saturated rings. The molecule has 96 valence electrons. The number of aldehydes is 1. The fourth-order valence-corrected chi connectivity index (χ4v) is 1.44. The highest BCUT2D eigenvalue weighted by molar-refractivity contribution is 5.84. The summed E-state index contributed by atoms with van der Waals surface area (Å²) in [6.45, 7) is 0. The molecule has 1 rings (SSSR count). The van der Waals surface area contributed by atoms with Crippen molar-refractivity contribution in [2.75, 3.05) is 14.2 Å². The van der Waals surface area contributed by atoms with Gasteiger partial charge in [-0.1, -0.05) is 12.2 Å². The zero-order valence-corrected chi connectivity index (χ0v) is 10.2. The van der Waals surface area contributed by atoms with Crippen LogP contribution in [0, 0.1) is 0 Å². The van der Waals surface area contributed by atoms with Crippen LogP contribution in [-0.4, -0.2) is 31.6 Å². The predicted molar refractivity (Wildman–Crippen MR) is 66.2 cm³/mol. The van der Waals surface area contributed by atoms with Gasteiger partial charge in [0.25, 0.3) is 0 Å². The second kappa shape index (κ2) is 6.44. The number of rotatable bonds is 6. The summed E-state index contributed by atoms with van der Waals surface area (Å²) in [5, 5.41) is 8.54. The molecule has 5 nitrogen and oxygen atoms in total. The second-order valence-corrected chi connectivity index (χ2v) is 3.45. The number of carbonyl (C=O) groups is 2. The van der Waals surface area contributed by atoms with Crippen LogP contribution in [0.1, 0.15) is 22.3 Å². The van der Waals surface area contributed by atoms with Crippen molar-refractivity contribution in [2.24, 2.45) is 0 Å². The third-order valence-electron chi connectivity index (χ3n) is 2.31. The molecule has 0 saturated heterocycles. The Morgan fingerprint density at radius 3 is 2.22 bits per heavy atom. The number of carbonyl (C=O) groups excluding carboxylic acids is 1. The summed E-state index contributed by atoms with van der Waals surface area (Å²) in [7, 11) is 2.97. The van der Waals surface area contributed by atoms with Gasteiger partial charge in [0.2, 0.25) is 0 Å². The van der Waals surface area contributed by atoms with Gasteiger partial charge < -0.3 is 14.6 Å². The summed E-state index contributed by atoms with van der Waals surface area (Å²) >= 11 is 0. The molecule has 1 aromatic rings. The van der Waals surface area contributed by atoms with Gasteiger partial charge in [-0.3, -0.25) is 9.59 Å². The van der Waals surface area contributed by atoms with E-state index in [1.54, 1.807) is 18.2 Å². The van der Waals surface area contributed by atoms with Crippen molar-refractivity contribution >= 4 is 18.3 Å². The molecule has 0 unspecified atom stereocenters. The van der Waals surface area contributed by atoms with Crippen LogP contribution in [0.3, 0.4) is 0 Å². The van der Waals surface area contributed by atoms with Crippen LogP contribution < -0.4 is 9.47 Å². The summed E-state index contributed by atoms with van der Waals surface area (Å²) in [6.07, 6.45) is 3.62. The van der Waals surface area contributed by atoms with Gasteiger partial charge in [-0.25, -0.2) is 0 Å². The van der Waals surface area contributed by atoms with E-state index >= 15 is 0 Å². The normalized spacial score (nSPS) is 10.3. The molecule has 0 bridgehead atoms. The molecule has 0 spiro atoms. The van der Waals surface area contributed by atoms with Crippen LogP contribution in [0.15, 0.2) is 18.2 Å². The number of aliphatic carboxylic acids is 1. The molecule has 0 radical (unpaired) electrons. The Balaban J connectivity index is 3.13. The highest BCUT2D eigenvalue weighted by Gasteiger charge is 2.08. The van der Waals surface area contributed by atoms with Crippen molar-refractivity contribution in [3.05, 3.63) is 29.3 Å². The van der Waals surface area contributed by atoms with E-state index in [9.17, 15) is 9.59 Å². The number of methoxy groups -OCH3 is 2. The number of ether oxygens (including phenoxy) is 2. The number of carboxylic acid groups (broad SMARTS) is 1. The molecular weight excluding hydrogens is 236 g/mol. The number of hydrogen-bond acceptors (Lipinski definition) is 4. The Morgan fingerprint density at radius 1 is 1.22 bits per heavy atom. The highest BCUT2D eigenvalue weighted by Crippen LogP contribution is 2.30. The zero-order valence-electron chi connectivity index (χ0n) is 10.2. The maximum atomic E-state index is 10.9. The fourth-order valence-electron chi connectivity index (χ4n) is 1.44. The number of benzene rings is 1. The Morgan fingerprint density at radius 2 is 1.78 bits per heavy atom. The van der Waals surface area contributed by atoms with Gasteiger partial charge in [0.05, 0.1) is 20.6 Å². The lowest BCUT2D eigenvalue weighted by Gasteiger charge is -2.09. The Labute approximate surface area is 105 Å². The summed E-state index contributed by atoms with van der Waals surface area (Å²) in [5.41, 5.74) is 0.998. The van der Waals surface area contributed by atoms with E-state index < -0.39 is 5.97 Å². The van der Waals surface area contributed by atoms with Crippen molar-refractivity contribution in [2.45, 2.75) is 6.42 Å². The summed E-state index contributed by atoms with van der Waals surface area (Å²) in [4.78, 5) is 21.3. The number of carboxylic acids is 1. The van der Waals surface area contributed by atoms with Gasteiger partial charge in [0.1, 0.15) is 0 Å². The van der Waals surface area contributed by atoms with E-state index in [4.69, 9.17) is 14.6 Å². The molecule has 5 heteroatoms. The quantitative estimate of drug-likeness (QED) is 0.782. The average Bonchev–Trinajstić information content (AvgIpc) is 2.37. The molecule has 0 heterocycles. The Bertz CT molecular complexity index is 477. The van der Waals surface area contributed by atoms with E-state index in [0.29, 0.717) is 28.9 Å². The van der Waals surface area contributed by atoms with E-state index in [1.807, 2.05) is 0 Å². The van der Waals surface area contributed by atoms with E-state index in [1.165, 1.54) is 20.3 Å². The lowest BCUT2D eigenvalue weighted by molar-refractivity contribution is -0.135. The van der Waals surface area contributed by atoms with Gasteiger partial charge in [0.15, 0.2) is 17.8 Å². The first kappa shape index (κ1) is 13.8. The minimum Gasteiger partial charge on any atom is -0.493 e. The molecule has 1 aromatic carbocycles. The minimum atomic E-state index is -0.931. The Kier molecular flexibility index (Phi) is 4.92. The van der Waals surface area contributed by atoms with Crippen LogP contribution in [0.2, 0.25) is 0 Å². The predicted octanol–water partition coefficient (Wildman–Crippen LogP) is 2.00. The third-order valence-corrected chi connectivity index (χ3v) is 2.31. The first-order valence-corrected chi connectivity index (χ1v) is 5.22. The van der Waals surface area contributed by atoms with Gasteiger partial charge >= 0.3 is 5.97 Å². The molecule has 0 aliphatic heterocycles. The van der Waals surface area contributed by atoms with E-state index in [0.717, 1.165) is 0 Å². The lowest BCUT2D eigenvalue weighted by atomic mass is 10.1. The molecule has 0 atom stereocenters. The topological polar surface area (TPSA) is 72.8 Å². The summed E-state index contributed by atoms with van der Waals surface area (Å²) in [5.74, 6) is 0.00689. The first-order valence-electron chi connectivity index (χ1n) is 5.22. The number of hydrogen-bond donors (Lipinski definition) is 1. The Hall–Kier alpha value is -2.30. The van der Waals surface area contributed by atoms with Gasteiger partial charge in [-0.15, -0.1) is 0 Å². The van der Waals surface area contributed by atoms with Crippen molar-refractivity contribution in [1.82, 2.24) is 0 Å². The van der Waals surface area contributed by atoms with Gasteiger partial charge in [-0.05, 0) is 17.7 Å². The average molecular weight is 250 g/mol. The standard InChI is InChI=1S/C13H14O5/c1-17-11-6-9(4-3-5-13(15)16)10(8-14)7-12(11)18-2/h3-4,6-8H,5H2,1-2H3,(H,15,16). The SMILES string of the molecule is COc1cc(C=O)c(C=CCC(=O)O)cc1OC. The molecule has 1 N–H and O–H groups in total. The first-order chi connectivity index (χ1) is 8.62. The molecule has 0 saturated carbocycles. The molecule has 0 aliphatic carbocycles. The van der Waals surface area contributed by atoms with Crippen LogP contribution in [0.4, 0.5) is 0 Å². The van der Waals surface area contributed by atoms with Crippen molar-refractivity contribution < 1.29 is 24.2 Å². The maximum Gasteiger partial charge on any atom is 0.307 e. The van der Waals surface area contributed by atoms with Crippen molar-refractivity contribution in [3.63, 3.8) is 0 Å². The van der Waals surface area contributed by atoms with Crippen LogP contribution >= 0.6 is 0 Å². The largest absolute Gasteiger partial charge is 0.493 e. The van der Waals surface area contributed by atoms with Crippen molar-refractivity contribution in [3.8, 4) is 11.5 Å². The molecule has 0 aliphatic rings. The molecule has 0 amide bonds. The zero-order chi connectivity index (χ0) is 13.5. The second-order valence-electron chi connectivity index (χ2n) is 3.45. The summed E-state index contributed by atoms with van der Waals surface area (Å²) < 4.78 is 10.2. The van der Waals surface area contributed by atoms with Crippen LogP contribution in [0.25, 0.3) is 6.08 Å². The van der Waals surface area contributed by atoms with Crippen molar-refractivity contribution in [1.29, 1.82) is 0 Å². The third kappa shape index (κ3) is 3.35. The minimum absolute atomic E-state index is 0.105. The van der Waals surface area contributed by atoms with Crippen LogP contribution in [-0.2, 0) is 4.79 Å². The van der Waals surface area contributed by atoms with E-state index in [2.05, 4.69) is 0 Å². The van der Waals surface area contributed by atoms with Crippen LogP contribution in [0.5, 0.6) is 11.5 Å². The monoisotopic (exact) mass is 250 g/mol. The smallest absolute Gasteiger partial charge is 0.307 e. The fraction of sp³-hybridized carbons (Fsp3) is 0.231. The molecular formula is C13H14O5. The maximum absolute atomic E-state index is 10.9. The molecule has 0 aromatic heterocycles. The highest BCUT2D eigenvalue weighted by atomic mass is 16.5.